The fraction of sp³-hybridized carbons (Fsp3) is 0.706. The average molecular weight is 331 g/mol. The normalized spacial score (nSPS) is 23.2. The lowest BCUT2D eigenvalue weighted by molar-refractivity contribution is 0.0451. The predicted octanol–water partition coefficient (Wildman–Crippen LogP) is 0.624. The van der Waals surface area contributed by atoms with Crippen molar-refractivity contribution >= 4 is 11.7 Å². The van der Waals surface area contributed by atoms with Crippen molar-refractivity contribution in [3.63, 3.8) is 0 Å². The van der Waals surface area contributed by atoms with Gasteiger partial charge in [-0.05, 0) is 12.8 Å². The van der Waals surface area contributed by atoms with Crippen LogP contribution in [0.3, 0.4) is 0 Å². The van der Waals surface area contributed by atoms with Gasteiger partial charge in [-0.3, -0.25) is 9.69 Å². The van der Waals surface area contributed by atoms with Crippen LogP contribution in [0.15, 0.2) is 12.4 Å². The number of rotatable bonds is 3. The van der Waals surface area contributed by atoms with Crippen molar-refractivity contribution in [1.29, 1.82) is 0 Å². The average Bonchev–Trinajstić information content (AvgIpc) is 2.61. The van der Waals surface area contributed by atoms with Crippen LogP contribution in [0.2, 0.25) is 0 Å². The Kier molecular flexibility index (Phi) is 4.62. The van der Waals surface area contributed by atoms with Crippen LogP contribution in [0.25, 0.3) is 0 Å². The molecule has 1 amide bonds. The van der Waals surface area contributed by atoms with E-state index in [1.54, 1.807) is 0 Å². The summed E-state index contributed by atoms with van der Waals surface area (Å²) in [6, 6.07) is 2.58. The lowest BCUT2D eigenvalue weighted by Gasteiger charge is -2.42. The third-order valence-corrected chi connectivity index (χ3v) is 5.40. The van der Waals surface area contributed by atoms with Gasteiger partial charge in [-0.2, -0.15) is 0 Å². The minimum atomic E-state index is 0.0279. The lowest BCUT2D eigenvalue weighted by Crippen LogP contribution is -2.53. The molecule has 1 saturated carbocycles. The number of morpholine rings is 1. The van der Waals surface area contributed by atoms with Gasteiger partial charge >= 0.3 is 0 Å². The standard InChI is InChI=1S/C17H25N5O2/c23-17(22-6-4-20(5-7-22)14-2-1-3-14)15-12-16(19-13-18-15)21-8-10-24-11-9-21/h12-14H,1-11H2. The van der Waals surface area contributed by atoms with Crippen molar-refractivity contribution in [2.24, 2.45) is 0 Å². The molecule has 0 bridgehead atoms. The van der Waals surface area contributed by atoms with Crippen molar-refractivity contribution in [2.75, 3.05) is 57.4 Å². The molecule has 1 aliphatic carbocycles. The Hall–Kier alpha value is -1.73. The van der Waals surface area contributed by atoms with E-state index in [-0.39, 0.29) is 5.91 Å². The zero-order valence-electron chi connectivity index (χ0n) is 14.1. The Balaban J connectivity index is 1.39. The van der Waals surface area contributed by atoms with Crippen LogP contribution in [0.4, 0.5) is 5.82 Å². The Morgan fingerprint density at radius 3 is 2.46 bits per heavy atom. The van der Waals surface area contributed by atoms with Gasteiger partial charge in [0.15, 0.2) is 0 Å². The quantitative estimate of drug-likeness (QED) is 0.809. The fourth-order valence-electron chi connectivity index (χ4n) is 3.63. The molecule has 0 atom stereocenters. The van der Waals surface area contributed by atoms with E-state index in [0.717, 1.165) is 51.1 Å². The van der Waals surface area contributed by atoms with E-state index >= 15 is 0 Å². The van der Waals surface area contributed by atoms with Crippen LogP contribution in [0.5, 0.6) is 0 Å². The summed E-state index contributed by atoms with van der Waals surface area (Å²) in [7, 11) is 0. The number of nitrogens with zero attached hydrogens (tertiary/aromatic N) is 5. The molecule has 7 heteroatoms. The summed E-state index contributed by atoms with van der Waals surface area (Å²) in [5.74, 6) is 0.852. The van der Waals surface area contributed by atoms with Crippen molar-refractivity contribution < 1.29 is 9.53 Å². The van der Waals surface area contributed by atoms with E-state index in [9.17, 15) is 4.79 Å². The number of amides is 1. The number of hydrogen-bond donors (Lipinski definition) is 0. The second kappa shape index (κ2) is 7.03. The molecule has 0 spiro atoms. The van der Waals surface area contributed by atoms with Gasteiger partial charge in [0.05, 0.1) is 13.2 Å². The molecule has 2 aliphatic heterocycles. The number of hydrogen-bond acceptors (Lipinski definition) is 6. The molecule has 0 unspecified atom stereocenters. The van der Waals surface area contributed by atoms with E-state index in [1.807, 2.05) is 11.0 Å². The maximum absolute atomic E-state index is 12.8. The fourth-order valence-corrected chi connectivity index (χ4v) is 3.63. The molecule has 2 saturated heterocycles. The van der Waals surface area contributed by atoms with Gasteiger partial charge in [0, 0.05) is 51.4 Å². The summed E-state index contributed by atoms with van der Waals surface area (Å²) in [6.07, 6.45) is 5.50. The third-order valence-electron chi connectivity index (χ3n) is 5.40. The smallest absolute Gasteiger partial charge is 0.272 e. The summed E-state index contributed by atoms with van der Waals surface area (Å²) in [4.78, 5) is 27.9. The van der Waals surface area contributed by atoms with E-state index in [2.05, 4.69) is 19.8 Å². The Bertz CT molecular complexity index is 578. The molecule has 0 N–H and O–H groups in total. The van der Waals surface area contributed by atoms with Gasteiger partial charge in [0.25, 0.3) is 5.91 Å². The minimum absolute atomic E-state index is 0.0279. The van der Waals surface area contributed by atoms with Gasteiger partial charge in [-0.1, -0.05) is 6.42 Å². The minimum Gasteiger partial charge on any atom is -0.378 e. The molecule has 4 rings (SSSR count). The van der Waals surface area contributed by atoms with Gasteiger partial charge in [0.2, 0.25) is 0 Å². The molecular weight excluding hydrogens is 306 g/mol. The van der Waals surface area contributed by atoms with Gasteiger partial charge in [-0.15, -0.1) is 0 Å². The van der Waals surface area contributed by atoms with E-state index in [1.165, 1.54) is 25.6 Å². The van der Waals surface area contributed by atoms with Crippen LogP contribution in [-0.4, -0.2) is 84.2 Å². The summed E-state index contributed by atoms with van der Waals surface area (Å²) >= 11 is 0. The largest absolute Gasteiger partial charge is 0.378 e. The topological polar surface area (TPSA) is 61.8 Å². The van der Waals surface area contributed by atoms with E-state index in [4.69, 9.17) is 4.74 Å². The first-order valence-electron chi connectivity index (χ1n) is 8.99. The zero-order valence-corrected chi connectivity index (χ0v) is 14.1. The molecular formula is C17H25N5O2. The first kappa shape index (κ1) is 15.8. The molecule has 3 aliphatic rings. The SMILES string of the molecule is O=C(c1cc(N2CCOCC2)ncn1)N1CCN(C2CCC2)CC1. The molecule has 130 valence electrons. The number of carbonyl (C=O) groups is 1. The summed E-state index contributed by atoms with van der Waals surface area (Å²) in [5, 5.41) is 0. The summed E-state index contributed by atoms with van der Waals surface area (Å²) < 4.78 is 5.37. The van der Waals surface area contributed by atoms with E-state index in [0.29, 0.717) is 18.9 Å². The highest BCUT2D eigenvalue weighted by Gasteiger charge is 2.30. The van der Waals surface area contributed by atoms with Gasteiger partial charge in [0.1, 0.15) is 17.8 Å². The van der Waals surface area contributed by atoms with Crippen LogP contribution in [-0.2, 0) is 4.74 Å². The lowest BCUT2D eigenvalue weighted by atomic mass is 9.91. The van der Waals surface area contributed by atoms with Crippen LogP contribution in [0, 0.1) is 0 Å². The Morgan fingerprint density at radius 1 is 1.04 bits per heavy atom. The van der Waals surface area contributed by atoms with E-state index < -0.39 is 0 Å². The Morgan fingerprint density at radius 2 is 1.79 bits per heavy atom. The van der Waals surface area contributed by atoms with Crippen LogP contribution in [0.1, 0.15) is 29.8 Å². The van der Waals surface area contributed by atoms with Crippen molar-refractivity contribution in [2.45, 2.75) is 25.3 Å². The first-order chi connectivity index (χ1) is 11.8. The number of ether oxygens (including phenoxy) is 1. The van der Waals surface area contributed by atoms with Gasteiger partial charge < -0.3 is 14.5 Å². The monoisotopic (exact) mass is 331 g/mol. The predicted molar refractivity (Wildman–Crippen MR) is 90.2 cm³/mol. The van der Waals surface area contributed by atoms with Crippen molar-refractivity contribution in [3.8, 4) is 0 Å². The molecule has 3 heterocycles. The third kappa shape index (κ3) is 3.23. The van der Waals surface area contributed by atoms with Crippen molar-refractivity contribution in [1.82, 2.24) is 19.8 Å². The number of piperazine rings is 1. The molecule has 0 radical (unpaired) electrons. The number of anilines is 1. The first-order valence-corrected chi connectivity index (χ1v) is 8.99. The van der Waals surface area contributed by atoms with Crippen LogP contribution < -0.4 is 4.90 Å². The highest BCUT2D eigenvalue weighted by molar-refractivity contribution is 5.93. The molecule has 3 fully saturated rings. The second-order valence-electron chi connectivity index (χ2n) is 6.77. The maximum Gasteiger partial charge on any atom is 0.272 e. The van der Waals surface area contributed by atoms with Gasteiger partial charge in [-0.25, -0.2) is 9.97 Å². The second-order valence-corrected chi connectivity index (χ2v) is 6.77. The highest BCUT2D eigenvalue weighted by Crippen LogP contribution is 2.25. The zero-order chi connectivity index (χ0) is 16.4. The molecule has 1 aromatic rings. The summed E-state index contributed by atoms with van der Waals surface area (Å²) in [6.45, 7) is 6.59. The molecule has 0 aromatic carbocycles. The van der Waals surface area contributed by atoms with Crippen LogP contribution >= 0.6 is 0 Å². The molecule has 7 nitrogen and oxygen atoms in total. The number of aromatic nitrogens is 2. The Labute approximate surface area is 142 Å². The molecule has 24 heavy (non-hydrogen) atoms. The molecule has 1 aromatic heterocycles. The highest BCUT2D eigenvalue weighted by atomic mass is 16.5. The van der Waals surface area contributed by atoms with Crippen molar-refractivity contribution in [3.05, 3.63) is 18.1 Å². The maximum atomic E-state index is 12.8. The number of carbonyl (C=O) groups excluding carboxylic acids is 1. The summed E-state index contributed by atoms with van der Waals surface area (Å²) in [5.41, 5.74) is 0.503.